The predicted molar refractivity (Wildman–Crippen MR) is 166 cm³/mol. The summed E-state index contributed by atoms with van der Waals surface area (Å²) in [4.78, 5) is 73.5. The second kappa shape index (κ2) is 33.6. The third kappa shape index (κ3) is 29.2. The van der Waals surface area contributed by atoms with Crippen molar-refractivity contribution in [3.05, 3.63) is 47.5 Å². The average Bonchev–Trinajstić information content (AvgIpc) is 3.04. The van der Waals surface area contributed by atoms with Crippen LogP contribution in [0.3, 0.4) is 0 Å². The van der Waals surface area contributed by atoms with Crippen LogP contribution in [0.25, 0.3) is 0 Å². The van der Waals surface area contributed by atoms with E-state index in [-0.39, 0.29) is 39.3 Å². The summed E-state index contributed by atoms with van der Waals surface area (Å²) in [5.74, 6) is -1.74. The fraction of sp³-hybridized carbons (Fsp3) is 0.400. The van der Waals surface area contributed by atoms with Crippen LogP contribution in [0.15, 0.2) is 56.4 Å². The summed E-state index contributed by atoms with van der Waals surface area (Å²) in [6, 6.07) is 9.81. The molecule has 0 bridgehead atoms. The van der Waals surface area contributed by atoms with Crippen LogP contribution in [0.1, 0.15) is 36.8 Å². The number of aryl methyl sites for hydroxylation is 1. The number of nitrogens with zero attached hydrogens (tertiary/aromatic N) is 4. The molecule has 0 radical (unpaired) electrons. The van der Waals surface area contributed by atoms with Crippen LogP contribution in [-0.4, -0.2) is 107 Å². The van der Waals surface area contributed by atoms with Crippen molar-refractivity contribution in [3.8, 4) is 0 Å². The lowest BCUT2D eigenvalue weighted by atomic mass is 10.1. The van der Waals surface area contributed by atoms with Gasteiger partial charge in [0.25, 0.3) is 0 Å². The van der Waals surface area contributed by atoms with E-state index >= 15 is 0 Å². The number of hydrogen-bond acceptors (Lipinski definition) is 15. The maximum Gasteiger partial charge on any atom is 0.303 e. The molecule has 0 aromatic heterocycles. The van der Waals surface area contributed by atoms with E-state index in [1.807, 2.05) is 0 Å². The lowest BCUT2D eigenvalue weighted by Crippen LogP contribution is -2.03. The molecular formula is C30H38N4O13. The van der Waals surface area contributed by atoms with Gasteiger partial charge in [0.15, 0.2) is 0 Å². The summed E-state index contributed by atoms with van der Waals surface area (Å²) in [5.41, 5.74) is 3.31. The summed E-state index contributed by atoms with van der Waals surface area (Å²) in [5, 5.41) is 47.7. The van der Waals surface area contributed by atoms with Crippen molar-refractivity contribution in [1.29, 1.82) is 0 Å². The number of ether oxygens (including phenoxy) is 1. The number of unbranched alkanes of at least 4 members (excludes halogenated alkanes) is 1. The van der Waals surface area contributed by atoms with Crippen molar-refractivity contribution in [3.63, 3.8) is 0 Å². The first-order valence-corrected chi connectivity index (χ1v) is 13.5. The van der Waals surface area contributed by atoms with E-state index in [0.29, 0.717) is 54.4 Å². The van der Waals surface area contributed by atoms with Gasteiger partial charge in [0.1, 0.15) is 0 Å². The van der Waals surface area contributed by atoms with E-state index in [9.17, 15) is 28.8 Å². The minimum absolute atomic E-state index is 0.0278. The van der Waals surface area contributed by atoms with Gasteiger partial charge < -0.3 is 35.4 Å². The summed E-state index contributed by atoms with van der Waals surface area (Å²) < 4.78 is 4.63. The zero-order chi connectivity index (χ0) is 36.3. The number of aliphatic hydroxyl groups excluding tert-OH is 4. The molecule has 6 N–H and O–H groups in total. The van der Waals surface area contributed by atoms with E-state index in [2.05, 4.69) is 24.7 Å². The Bertz CT molecular complexity index is 1300. The Morgan fingerprint density at radius 3 is 1.43 bits per heavy atom. The highest BCUT2D eigenvalue weighted by atomic mass is 16.5. The Labute approximate surface area is 270 Å². The molecular weight excluding hydrogens is 624 g/mol. The third-order valence-electron chi connectivity index (χ3n) is 4.74. The molecule has 0 unspecified atom stereocenters. The highest BCUT2D eigenvalue weighted by Gasteiger charge is 2.01. The predicted octanol–water partition coefficient (Wildman–Crippen LogP) is 2.53. The van der Waals surface area contributed by atoms with Crippen LogP contribution in [0.4, 0.5) is 22.7 Å². The molecule has 0 atom stereocenters. The number of carboxylic acids is 2. The van der Waals surface area contributed by atoms with E-state index in [4.69, 9.17) is 30.6 Å². The van der Waals surface area contributed by atoms with Crippen LogP contribution in [-0.2, 0) is 33.5 Å². The minimum Gasteiger partial charge on any atom is -0.481 e. The van der Waals surface area contributed by atoms with E-state index < -0.39 is 11.9 Å². The molecule has 0 saturated heterocycles. The van der Waals surface area contributed by atoms with Crippen LogP contribution >= 0.6 is 0 Å². The van der Waals surface area contributed by atoms with Gasteiger partial charge in [-0.3, -0.25) is 9.59 Å². The second-order valence-corrected chi connectivity index (χ2v) is 8.21. The second-order valence-electron chi connectivity index (χ2n) is 8.21. The number of carbonyl (C=O) groups excluding carboxylic acids is 4. The van der Waals surface area contributed by atoms with Crippen molar-refractivity contribution < 1.29 is 64.1 Å². The molecule has 47 heavy (non-hydrogen) atoms. The molecule has 2 aromatic rings. The molecule has 17 nitrogen and oxygen atoms in total. The first-order chi connectivity index (χ1) is 22.5. The van der Waals surface area contributed by atoms with Gasteiger partial charge in [0.05, 0.1) is 62.4 Å². The van der Waals surface area contributed by atoms with Gasteiger partial charge >= 0.3 is 11.9 Å². The Hall–Kier alpha value is -5.30. The molecule has 2 rings (SSSR count). The van der Waals surface area contributed by atoms with Crippen molar-refractivity contribution >= 4 is 59.0 Å². The molecule has 0 aliphatic carbocycles. The highest BCUT2D eigenvalue weighted by Crippen LogP contribution is 2.27. The molecule has 0 spiro atoms. The van der Waals surface area contributed by atoms with Crippen LogP contribution in [0.5, 0.6) is 0 Å². The summed E-state index contributed by atoms with van der Waals surface area (Å²) in [6.45, 7) is 3.96. The van der Waals surface area contributed by atoms with Gasteiger partial charge in [0, 0.05) is 18.4 Å². The van der Waals surface area contributed by atoms with Gasteiger partial charge in [-0.1, -0.05) is 12.1 Å². The van der Waals surface area contributed by atoms with Crippen LogP contribution in [0, 0.1) is 13.8 Å². The fourth-order valence-electron chi connectivity index (χ4n) is 2.63. The zero-order valence-corrected chi connectivity index (χ0v) is 25.9. The number of carbonyl (C=O) groups is 2. The fourth-order valence-corrected chi connectivity index (χ4v) is 2.63. The van der Waals surface area contributed by atoms with Crippen molar-refractivity contribution in [1.82, 2.24) is 0 Å². The molecule has 0 amide bonds. The minimum atomic E-state index is -0.870. The lowest BCUT2D eigenvalue weighted by Gasteiger charge is -1.99. The molecule has 0 fully saturated rings. The maximum atomic E-state index is 10.00. The molecule has 0 aliphatic heterocycles. The summed E-state index contributed by atoms with van der Waals surface area (Å²) in [6.07, 6.45) is 6.71. The van der Waals surface area contributed by atoms with Gasteiger partial charge in [-0.15, -0.1) is 0 Å². The topological polar surface area (TPSA) is 282 Å². The number of aliphatic hydroxyl groups is 4. The molecule has 0 heterocycles. The van der Waals surface area contributed by atoms with Crippen LogP contribution in [0.2, 0.25) is 0 Å². The lowest BCUT2D eigenvalue weighted by molar-refractivity contribution is -0.139. The monoisotopic (exact) mass is 662 g/mol. The molecule has 256 valence electrons. The van der Waals surface area contributed by atoms with Gasteiger partial charge in [-0.2, -0.15) is 20.0 Å². The summed E-state index contributed by atoms with van der Waals surface area (Å²) >= 11 is 0. The Morgan fingerprint density at radius 1 is 0.638 bits per heavy atom. The van der Waals surface area contributed by atoms with Crippen LogP contribution < -0.4 is 0 Å². The van der Waals surface area contributed by atoms with Crippen molar-refractivity contribution in [2.75, 3.05) is 39.6 Å². The first kappa shape index (κ1) is 46.1. The smallest absolute Gasteiger partial charge is 0.303 e. The average molecular weight is 663 g/mol. The van der Waals surface area contributed by atoms with E-state index in [0.717, 1.165) is 5.56 Å². The number of isocyanates is 4. The van der Waals surface area contributed by atoms with Crippen molar-refractivity contribution in [2.24, 2.45) is 20.0 Å². The Kier molecular flexibility index (Phi) is 33.0. The number of aliphatic imine (C=N–C) groups is 4. The number of rotatable bonds is 14. The summed E-state index contributed by atoms with van der Waals surface area (Å²) in [7, 11) is 0. The van der Waals surface area contributed by atoms with Crippen molar-refractivity contribution in [2.45, 2.75) is 39.5 Å². The normalized spacial score (nSPS) is 8.64. The molecule has 2 aromatic carbocycles. The van der Waals surface area contributed by atoms with E-state index in [1.165, 1.54) is 30.4 Å². The first-order valence-electron chi connectivity index (χ1n) is 13.5. The SMILES string of the molecule is Cc1c(N=C=O)cccc1N=C=O.Cc1ccc(N=C=O)cc1N=C=O.O=C(O)CCCCC(=O)O.OCCO.OCCOCCO. The Balaban J connectivity index is -0.000000540. The van der Waals surface area contributed by atoms with Gasteiger partial charge in [0.2, 0.25) is 24.3 Å². The maximum absolute atomic E-state index is 10.00. The number of benzene rings is 2. The number of aliphatic carboxylic acids is 2. The number of hydrogen-bond donors (Lipinski definition) is 6. The highest BCUT2D eigenvalue weighted by molar-refractivity contribution is 5.68. The Morgan fingerprint density at radius 2 is 1.06 bits per heavy atom. The largest absolute Gasteiger partial charge is 0.481 e. The zero-order valence-electron chi connectivity index (χ0n) is 25.9. The van der Waals surface area contributed by atoms with E-state index in [1.54, 1.807) is 44.2 Å². The third-order valence-corrected chi connectivity index (χ3v) is 4.74. The molecule has 0 aliphatic rings. The number of carboxylic acid groups (broad SMARTS) is 2. The quantitative estimate of drug-likeness (QED) is 0.0964. The molecule has 0 saturated carbocycles. The van der Waals surface area contributed by atoms with Gasteiger partial charge in [-0.05, 0) is 56.5 Å². The molecule has 17 heteroatoms. The standard InChI is InChI=1S/2C9H6N2O2.C6H10O4.C4H10O3.C2H6O2/c1-7-2-3-8(10-5-12)4-9(7)11-6-13;1-7-8(10-5-12)3-2-4-9(7)11-6-13;7-5(8)3-1-2-4-6(9)10;5-1-3-7-4-2-6;3-1-2-4/h2*2-4H,1H3;1-4H2,(H,7,8)(H,9,10);5-6H,1-4H2;3-4H,1-2H2. The van der Waals surface area contributed by atoms with Gasteiger partial charge in [-0.25, -0.2) is 19.2 Å².